The zero-order valence-corrected chi connectivity index (χ0v) is 14.7. The number of halogens is 1. The minimum atomic E-state index is -0.851. The van der Waals surface area contributed by atoms with Crippen molar-refractivity contribution in [3.63, 3.8) is 0 Å². The summed E-state index contributed by atoms with van der Waals surface area (Å²) in [6.45, 7) is 3.33. The SMILES string of the molecule is Cc1ccccc1C(=O)CCC(=O)NC(C)C(=O)Nc1ccccc1F. The van der Waals surface area contributed by atoms with Gasteiger partial charge in [0.15, 0.2) is 5.78 Å². The summed E-state index contributed by atoms with van der Waals surface area (Å²) in [5, 5.41) is 4.93. The number of amides is 2. The van der Waals surface area contributed by atoms with E-state index in [0.29, 0.717) is 5.56 Å². The topological polar surface area (TPSA) is 75.3 Å². The lowest BCUT2D eigenvalue weighted by atomic mass is 10.0. The van der Waals surface area contributed by atoms with E-state index in [0.717, 1.165) is 5.56 Å². The second-order valence-electron chi connectivity index (χ2n) is 6.00. The molecule has 0 bridgehead atoms. The monoisotopic (exact) mass is 356 g/mol. The van der Waals surface area contributed by atoms with Crippen LogP contribution in [-0.2, 0) is 9.59 Å². The van der Waals surface area contributed by atoms with Gasteiger partial charge in [-0.15, -0.1) is 0 Å². The zero-order valence-electron chi connectivity index (χ0n) is 14.7. The molecule has 6 heteroatoms. The summed E-state index contributed by atoms with van der Waals surface area (Å²) >= 11 is 0. The van der Waals surface area contributed by atoms with Crippen LogP contribution in [0.5, 0.6) is 0 Å². The standard InChI is InChI=1S/C20H21FN2O3/c1-13-7-3-4-8-15(13)18(24)11-12-19(25)22-14(2)20(26)23-17-10-6-5-9-16(17)21/h3-10,14H,11-12H2,1-2H3,(H,22,25)(H,23,26). The van der Waals surface area contributed by atoms with Gasteiger partial charge in [0.1, 0.15) is 11.9 Å². The molecule has 26 heavy (non-hydrogen) atoms. The number of benzene rings is 2. The van der Waals surface area contributed by atoms with Crippen LogP contribution in [0.1, 0.15) is 35.7 Å². The maximum atomic E-state index is 13.5. The van der Waals surface area contributed by atoms with Gasteiger partial charge in [-0.3, -0.25) is 14.4 Å². The molecule has 2 amide bonds. The smallest absolute Gasteiger partial charge is 0.246 e. The quantitative estimate of drug-likeness (QED) is 0.748. The first kappa shape index (κ1) is 19.3. The molecule has 0 heterocycles. The Morgan fingerprint density at radius 3 is 2.35 bits per heavy atom. The molecule has 0 spiro atoms. The van der Waals surface area contributed by atoms with Gasteiger partial charge in [-0.1, -0.05) is 36.4 Å². The van der Waals surface area contributed by atoms with Crippen LogP contribution in [0.4, 0.5) is 10.1 Å². The number of hydrogen-bond acceptors (Lipinski definition) is 3. The number of ketones is 1. The van der Waals surface area contributed by atoms with E-state index < -0.39 is 23.7 Å². The Kier molecular flexibility index (Phi) is 6.60. The van der Waals surface area contributed by atoms with E-state index in [1.54, 1.807) is 18.2 Å². The van der Waals surface area contributed by atoms with Gasteiger partial charge < -0.3 is 10.6 Å². The first-order valence-corrected chi connectivity index (χ1v) is 8.32. The highest BCUT2D eigenvalue weighted by molar-refractivity contribution is 6.00. The molecule has 0 radical (unpaired) electrons. The minimum Gasteiger partial charge on any atom is -0.345 e. The van der Waals surface area contributed by atoms with Gasteiger partial charge in [0.2, 0.25) is 11.8 Å². The lowest BCUT2D eigenvalue weighted by molar-refractivity contribution is -0.126. The van der Waals surface area contributed by atoms with Crippen molar-refractivity contribution >= 4 is 23.3 Å². The minimum absolute atomic E-state index is 0.0233. The third-order valence-corrected chi connectivity index (χ3v) is 3.93. The molecule has 0 aliphatic heterocycles. The van der Waals surface area contributed by atoms with E-state index in [1.165, 1.54) is 25.1 Å². The van der Waals surface area contributed by atoms with Crippen molar-refractivity contribution in [3.8, 4) is 0 Å². The summed E-state index contributed by atoms with van der Waals surface area (Å²) in [6, 6.07) is 12.1. The fourth-order valence-corrected chi connectivity index (χ4v) is 2.43. The zero-order chi connectivity index (χ0) is 19.1. The van der Waals surface area contributed by atoms with E-state index in [4.69, 9.17) is 0 Å². The average molecular weight is 356 g/mol. The molecular formula is C20H21FN2O3. The van der Waals surface area contributed by atoms with Crippen molar-refractivity contribution in [2.75, 3.05) is 5.32 Å². The molecule has 2 N–H and O–H groups in total. The highest BCUT2D eigenvalue weighted by Gasteiger charge is 2.18. The Bertz CT molecular complexity index is 820. The lowest BCUT2D eigenvalue weighted by Crippen LogP contribution is -2.41. The Morgan fingerprint density at radius 2 is 1.65 bits per heavy atom. The van der Waals surface area contributed by atoms with Crippen molar-refractivity contribution in [2.45, 2.75) is 32.7 Å². The molecule has 2 rings (SSSR count). The number of para-hydroxylation sites is 1. The van der Waals surface area contributed by atoms with Crippen LogP contribution in [-0.4, -0.2) is 23.6 Å². The van der Waals surface area contributed by atoms with Gasteiger partial charge in [0, 0.05) is 18.4 Å². The summed E-state index contributed by atoms with van der Waals surface area (Å²) in [5.74, 6) is -1.62. The van der Waals surface area contributed by atoms with Crippen LogP contribution in [0.3, 0.4) is 0 Å². The Labute approximate surface area is 151 Å². The Balaban J connectivity index is 1.83. The first-order valence-electron chi connectivity index (χ1n) is 8.32. The highest BCUT2D eigenvalue weighted by Crippen LogP contribution is 2.13. The summed E-state index contributed by atoms with van der Waals surface area (Å²) in [5.41, 5.74) is 1.49. The molecule has 0 aromatic heterocycles. The molecule has 2 aromatic carbocycles. The number of carbonyl (C=O) groups excluding carboxylic acids is 3. The van der Waals surface area contributed by atoms with E-state index in [9.17, 15) is 18.8 Å². The van der Waals surface area contributed by atoms with Gasteiger partial charge in [-0.05, 0) is 31.5 Å². The van der Waals surface area contributed by atoms with Crippen molar-refractivity contribution in [3.05, 3.63) is 65.5 Å². The molecule has 0 aliphatic rings. The van der Waals surface area contributed by atoms with Crippen LogP contribution in [0, 0.1) is 12.7 Å². The number of carbonyl (C=O) groups is 3. The third-order valence-electron chi connectivity index (χ3n) is 3.93. The first-order chi connectivity index (χ1) is 12.4. The van der Waals surface area contributed by atoms with Gasteiger partial charge in [0.25, 0.3) is 0 Å². The van der Waals surface area contributed by atoms with Crippen molar-refractivity contribution in [2.24, 2.45) is 0 Å². The van der Waals surface area contributed by atoms with Gasteiger partial charge in [-0.25, -0.2) is 4.39 Å². The summed E-state index contributed by atoms with van der Waals surface area (Å²) in [6.07, 6.45) is 0.0306. The Morgan fingerprint density at radius 1 is 1.00 bits per heavy atom. The number of anilines is 1. The van der Waals surface area contributed by atoms with Gasteiger partial charge >= 0.3 is 0 Å². The molecule has 0 fully saturated rings. The van der Waals surface area contributed by atoms with Crippen LogP contribution < -0.4 is 10.6 Å². The summed E-state index contributed by atoms with van der Waals surface area (Å²) in [7, 11) is 0. The molecule has 0 saturated heterocycles. The second kappa shape index (κ2) is 8.89. The Hall–Kier alpha value is -3.02. The predicted octanol–water partition coefficient (Wildman–Crippen LogP) is 3.24. The largest absolute Gasteiger partial charge is 0.345 e. The fourth-order valence-electron chi connectivity index (χ4n) is 2.43. The molecule has 1 atom stereocenters. The molecular weight excluding hydrogens is 335 g/mol. The van der Waals surface area contributed by atoms with Crippen molar-refractivity contribution < 1.29 is 18.8 Å². The van der Waals surface area contributed by atoms with Crippen LogP contribution in [0.15, 0.2) is 48.5 Å². The number of nitrogens with one attached hydrogen (secondary N) is 2. The molecule has 2 aromatic rings. The van der Waals surface area contributed by atoms with E-state index >= 15 is 0 Å². The highest BCUT2D eigenvalue weighted by atomic mass is 19.1. The molecule has 136 valence electrons. The average Bonchev–Trinajstić information content (AvgIpc) is 2.62. The number of aryl methyl sites for hydroxylation is 1. The number of Topliss-reactive ketones (excluding diaryl/α,β-unsaturated/α-hetero) is 1. The number of hydrogen-bond donors (Lipinski definition) is 2. The van der Waals surface area contributed by atoms with Gasteiger partial charge in [0.05, 0.1) is 5.69 Å². The normalized spacial score (nSPS) is 11.5. The third kappa shape index (κ3) is 5.24. The summed E-state index contributed by atoms with van der Waals surface area (Å²) in [4.78, 5) is 36.2. The maximum absolute atomic E-state index is 13.5. The van der Waals surface area contributed by atoms with E-state index in [2.05, 4.69) is 10.6 Å². The van der Waals surface area contributed by atoms with Crippen molar-refractivity contribution in [1.82, 2.24) is 5.32 Å². The van der Waals surface area contributed by atoms with E-state index in [-0.39, 0.29) is 24.3 Å². The fraction of sp³-hybridized carbons (Fsp3) is 0.250. The van der Waals surface area contributed by atoms with Gasteiger partial charge in [-0.2, -0.15) is 0 Å². The van der Waals surface area contributed by atoms with Crippen molar-refractivity contribution in [1.29, 1.82) is 0 Å². The molecule has 1 unspecified atom stereocenters. The molecule has 0 saturated carbocycles. The second-order valence-corrected chi connectivity index (χ2v) is 6.00. The summed E-state index contributed by atoms with van der Waals surface area (Å²) < 4.78 is 13.5. The number of rotatable bonds is 7. The van der Waals surface area contributed by atoms with Crippen LogP contribution in [0.25, 0.3) is 0 Å². The molecule has 0 aliphatic carbocycles. The lowest BCUT2D eigenvalue weighted by Gasteiger charge is -2.14. The maximum Gasteiger partial charge on any atom is 0.246 e. The predicted molar refractivity (Wildman–Crippen MR) is 97.4 cm³/mol. The van der Waals surface area contributed by atoms with Crippen LogP contribution in [0.2, 0.25) is 0 Å². The van der Waals surface area contributed by atoms with Crippen LogP contribution >= 0.6 is 0 Å². The molecule has 5 nitrogen and oxygen atoms in total. The van der Waals surface area contributed by atoms with E-state index in [1.807, 2.05) is 19.1 Å².